The number of nitriles is 1. The average Bonchev–Trinajstić information content (AvgIpc) is 2.52. The molecule has 1 aromatic heterocycles. The number of rotatable bonds is 6. The number of halogens is 1. The Morgan fingerprint density at radius 1 is 1.33 bits per heavy atom. The molecule has 2 rings (SSSR count). The van der Waals surface area contributed by atoms with E-state index in [0.717, 1.165) is 17.4 Å². The molecule has 0 saturated heterocycles. The summed E-state index contributed by atoms with van der Waals surface area (Å²) in [6, 6.07) is 12.7. The molecule has 0 fully saturated rings. The van der Waals surface area contributed by atoms with Gasteiger partial charge >= 0.3 is 0 Å². The van der Waals surface area contributed by atoms with Gasteiger partial charge in [-0.1, -0.05) is 39.7 Å². The van der Waals surface area contributed by atoms with Gasteiger partial charge in [0.1, 0.15) is 0 Å². The maximum absolute atomic E-state index is 8.90. The van der Waals surface area contributed by atoms with Crippen molar-refractivity contribution in [1.82, 2.24) is 4.98 Å². The van der Waals surface area contributed by atoms with Gasteiger partial charge in [-0.05, 0) is 30.2 Å². The van der Waals surface area contributed by atoms with Gasteiger partial charge in [-0.2, -0.15) is 5.26 Å². The zero-order valence-electron chi connectivity index (χ0n) is 12.1. The lowest BCUT2D eigenvalue weighted by atomic mass is 10.1. The van der Waals surface area contributed by atoms with E-state index in [4.69, 9.17) is 5.26 Å². The molecule has 0 atom stereocenters. The monoisotopic (exact) mass is 343 g/mol. The lowest BCUT2D eigenvalue weighted by molar-refractivity contribution is 0.791. The Bertz CT molecular complexity index is 620. The normalized spacial score (nSPS) is 10.1. The lowest BCUT2D eigenvalue weighted by Gasteiger charge is -2.26. The Morgan fingerprint density at radius 3 is 2.86 bits per heavy atom. The first-order valence-corrected chi connectivity index (χ1v) is 8.03. The molecular formula is C17H18BrN3. The third kappa shape index (κ3) is 4.30. The summed E-state index contributed by atoms with van der Waals surface area (Å²) in [5.41, 5.74) is 4.82. The number of benzene rings is 1. The van der Waals surface area contributed by atoms with Crippen LogP contribution in [0.25, 0.3) is 0 Å². The van der Waals surface area contributed by atoms with E-state index >= 15 is 0 Å². The number of hydrogen-bond acceptors (Lipinski definition) is 3. The summed E-state index contributed by atoms with van der Waals surface area (Å²) in [4.78, 5) is 6.41. The Labute approximate surface area is 134 Å². The van der Waals surface area contributed by atoms with Crippen molar-refractivity contribution in [2.45, 2.75) is 25.2 Å². The van der Waals surface area contributed by atoms with Crippen molar-refractivity contribution in [3.63, 3.8) is 0 Å². The van der Waals surface area contributed by atoms with Crippen LogP contribution in [0.15, 0.2) is 42.7 Å². The summed E-state index contributed by atoms with van der Waals surface area (Å²) in [5, 5.41) is 9.71. The Hall–Kier alpha value is -1.86. The van der Waals surface area contributed by atoms with Crippen molar-refractivity contribution < 1.29 is 0 Å². The number of nitrogens with zero attached hydrogens (tertiary/aromatic N) is 3. The average molecular weight is 344 g/mol. The minimum Gasteiger partial charge on any atom is -0.366 e. The highest BCUT2D eigenvalue weighted by molar-refractivity contribution is 9.08. The van der Waals surface area contributed by atoms with Crippen molar-refractivity contribution in [2.24, 2.45) is 0 Å². The summed E-state index contributed by atoms with van der Waals surface area (Å²) in [7, 11) is 0. The molecule has 0 N–H and O–H groups in total. The van der Waals surface area contributed by atoms with Crippen LogP contribution in [-0.4, -0.2) is 11.5 Å². The molecule has 4 heteroatoms. The van der Waals surface area contributed by atoms with E-state index < -0.39 is 0 Å². The first-order chi connectivity index (χ1) is 10.2. The van der Waals surface area contributed by atoms with Crippen molar-refractivity contribution in [1.29, 1.82) is 5.26 Å². The predicted molar refractivity (Wildman–Crippen MR) is 89.3 cm³/mol. The summed E-state index contributed by atoms with van der Waals surface area (Å²) in [5.74, 6) is 0. The fourth-order valence-corrected chi connectivity index (χ4v) is 2.76. The molecule has 0 spiro atoms. The first kappa shape index (κ1) is 15.5. The molecule has 0 bridgehead atoms. The molecule has 0 unspecified atom stereocenters. The molecule has 1 aromatic carbocycles. The van der Waals surface area contributed by atoms with Crippen LogP contribution >= 0.6 is 15.9 Å². The summed E-state index contributed by atoms with van der Waals surface area (Å²) < 4.78 is 0. The lowest BCUT2D eigenvalue weighted by Crippen LogP contribution is -2.24. The number of aromatic nitrogens is 1. The van der Waals surface area contributed by atoms with Gasteiger partial charge in [0.15, 0.2) is 0 Å². The van der Waals surface area contributed by atoms with E-state index in [0.29, 0.717) is 13.0 Å². The molecular weight excluding hydrogens is 326 g/mol. The van der Waals surface area contributed by atoms with Crippen LogP contribution in [0, 0.1) is 18.3 Å². The molecule has 0 saturated carbocycles. The maximum Gasteiger partial charge on any atom is 0.0640 e. The third-order valence-corrected chi connectivity index (χ3v) is 3.91. The molecule has 3 nitrogen and oxygen atoms in total. The van der Waals surface area contributed by atoms with Gasteiger partial charge in [-0.15, -0.1) is 0 Å². The Morgan fingerprint density at radius 2 is 2.19 bits per heavy atom. The van der Waals surface area contributed by atoms with Gasteiger partial charge in [0.05, 0.1) is 12.5 Å². The summed E-state index contributed by atoms with van der Waals surface area (Å²) in [6.45, 7) is 3.57. The fraction of sp³-hybridized carbons (Fsp3) is 0.294. The van der Waals surface area contributed by atoms with Gasteiger partial charge in [0, 0.05) is 36.5 Å². The number of pyridine rings is 1. The van der Waals surface area contributed by atoms with Gasteiger partial charge in [0.2, 0.25) is 0 Å². The van der Waals surface area contributed by atoms with E-state index in [2.05, 4.69) is 63.1 Å². The van der Waals surface area contributed by atoms with Gasteiger partial charge < -0.3 is 4.90 Å². The molecule has 0 aliphatic rings. The van der Waals surface area contributed by atoms with Crippen molar-refractivity contribution in [2.75, 3.05) is 11.4 Å². The maximum atomic E-state index is 8.90. The van der Waals surface area contributed by atoms with Crippen molar-refractivity contribution in [3.8, 4) is 6.07 Å². The molecule has 0 aliphatic carbocycles. The molecule has 0 aliphatic heterocycles. The van der Waals surface area contributed by atoms with Crippen LogP contribution < -0.4 is 4.90 Å². The minimum atomic E-state index is 0.510. The smallest absolute Gasteiger partial charge is 0.0640 e. The zero-order chi connectivity index (χ0) is 15.1. The van der Waals surface area contributed by atoms with Crippen LogP contribution in [0.4, 0.5) is 5.69 Å². The first-order valence-electron chi connectivity index (χ1n) is 6.91. The van der Waals surface area contributed by atoms with Crippen LogP contribution in [0.1, 0.15) is 23.1 Å². The molecule has 0 amide bonds. The largest absolute Gasteiger partial charge is 0.366 e. The minimum absolute atomic E-state index is 0.510. The topological polar surface area (TPSA) is 39.9 Å². The number of anilines is 1. The highest BCUT2D eigenvalue weighted by Gasteiger charge is 2.11. The predicted octanol–water partition coefficient (Wildman–Crippen LogP) is 4.21. The molecule has 108 valence electrons. The van der Waals surface area contributed by atoms with Crippen LogP contribution in [0.2, 0.25) is 0 Å². The zero-order valence-corrected chi connectivity index (χ0v) is 13.7. The van der Waals surface area contributed by atoms with E-state index in [1.54, 1.807) is 6.20 Å². The van der Waals surface area contributed by atoms with Gasteiger partial charge in [-0.25, -0.2) is 0 Å². The highest BCUT2D eigenvalue weighted by atomic mass is 79.9. The number of hydrogen-bond donors (Lipinski definition) is 0. The van der Waals surface area contributed by atoms with E-state index in [-0.39, 0.29) is 0 Å². The van der Waals surface area contributed by atoms with E-state index in [1.807, 2.05) is 12.3 Å². The van der Waals surface area contributed by atoms with Crippen molar-refractivity contribution in [3.05, 3.63) is 59.4 Å². The summed E-state index contributed by atoms with van der Waals surface area (Å²) >= 11 is 3.56. The third-order valence-electron chi connectivity index (χ3n) is 3.31. The van der Waals surface area contributed by atoms with Gasteiger partial charge in [-0.3, -0.25) is 4.98 Å². The Balaban J connectivity index is 2.29. The van der Waals surface area contributed by atoms with Crippen LogP contribution in [0.3, 0.4) is 0 Å². The second kappa shape index (κ2) is 7.80. The second-order valence-electron chi connectivity index (χ2n) is 4.96. The number of aryl methyl sites for hydroxylation is 1. The quantitative estimate of drug-likeness (QED) is 0.737. The van der Waals surface area contributed by atoms with E-state index in [1.165, 1.54) is 16.8 Å². The van der Waals surface area contributed by atoms with Gasteiger partial charge in [0.25, 0.3) is 0 Å². The van der Waals surface area contributed by atoms with Crippen LogP contribution in [-0.2, 0) is 11.9 Å². The Kier molecular flexibility index (Phi) is 5.77. The highest BCUT2D eigenvalue weighted by Crippen LogP contribution is 2.26. The SMILES string of the molecule is Cc1ccc(N(CCC#N)Cc2cccnc2)c(CBr)c1. The van der Waals surface area contributed by atoms with E-state index in [9.17, 15) is 0 Å². The molecule has 21 heavy (non-hydrogen) atoms. The molecule has 1 heterocycles. The van der Waals surface area contributed by atoms with Crippen LogP contribution in [0.5, 0.6) is 0 Å². The fourth-order valence-electron chi connectivity index (χ4n) is 2.31. The summed E-state index contributed by atoms with van der Waals surface area (Å²) in [6.07, 6.45) is 4.16. The standard InChI is InChI=1S/C17H18BrN3/c1-14-5-6-17(16(10-14)11-18)21(9-3-7-19)13-15-4-2-8-20-12-15/h2,4-6,8,10,12H,3,9,11,13H2,1H3. The molecule has 0 radical (unpaired) electrons. The van der Waals surface area contributed by atoms with Crippen molar-refractivity contribution >= 4 is 21.6 Å². The second-order valence-corrected chi connectivity index (χ2v) is 5.52. The number of alkyl halides is 1. The molecule has 2 aromatic rings.